The minimum absolute atomic E-state index is 0.0494. The molecule has 1 amide bonds. The maximum atomic E-state index is 12.5. The number of esters is 1. The maximum absolute atomic E-state index is 12.5. The zero-order chi connectivity index (χ0) is 19.9. The molecular weight excluding hydrogens is 351 g/mol. The smallest absolute Gasteiger partial charge is 0.422 e. The second kappa shape index (κ2) is 6.66. The third-order valence-electron chi connectivity index (χ3n) is 3.85. The molecule has 0 atom stereocenters. The van der Waals surface area contributed by atoms with Crippen LogP contribution in [0, 0.1) is 13.8 Å². The van der Waals surface area contributed by atoms with Crippen molar-refractivity contribution in [2.24, 2.45) is 0 Å². The van der Waals surface area contributed by atoms with Crippen LogP contribution < -0.4 is 10.1 Å². The summed E-state index contributed by atoms with van der Waals surface area (Å²) in [5, 5.41) is 2.74. The number of alkyl halides is 3. The molecule has 0 unspecified atom stereocenters. The fourth-order valence-electron chi connectivity index (χ4n) is 2.93. The Morgan fingerprint density at radius 2 is 1.73 bits per heavy atom. The summed E-state index contributed by atoms with van der Waals surface area (Å²) in [6.45, 7) is 6.53. The molecule has 0 aliphatic carbocycles. The highest BCUT2D eigenvalue weighted by molar-refractivity contribution is 6.24. The third-order valence-corrected chi connectivity index (χ3v) is 3.85. The van der Waals surface area contributed by atoms with Gasteiger partial charge in [0.1, 0.15) is 11.5 Å². The van der Waals surface area contributed by atoms with Crippen molar-refractivity contribution >= 4 is 17.4 Å². The Bertz CT molecular complexity index is 771. The zero-order valence-electron chi connectivity index (χ0n) is 15.1. The Balaban J connectivity index is 2.52. The van der Waals surface area contributed by atoms with Gasteiger partial charge in [0.2, 0.25) is 0 Å². The fraction of sp³-hybridized carbons (Fsp3) is 0.444. The van der Waals surface area contributed by atoms with Gasteiger partial charge in [-0.15, -0.1) is 0 Å². The third kappa shape index (κ3) is 4.17. The first-order chi connectivity index (χ1) is 11.8. The van der Waals surface area contributed by atoms with Crippen LogP contribution in [0.5, 0.6) is 5.75 Å². The van der Waals surface area contributed by atoms with Crippen molar-refractivity contribution in [2.45, 2.75) is 46.3 Å². The van der Waals surface area contributed by atoms with E-state index >= 15 is 0 Å². The molecule has 2 rings (SSSR count). The van der Waals surface area contributed by atoms with Crippen molar-refractivity contribution in [1.82, 2.24) is 5.32 Å². The van der Waals surface area contributed by atoms with Gasteiger partial charge < -0.3 is 14.8 Å². The summed E-state index contributed by atoms with van der Waals surface area (Å²) in [4.78, 5) is 23.9. The number of carbonyl (C=O) groups excluding carboxylic acids is 2. The second-order valence-corrected chi connectivity index (χ2v) is 6.71. The quantitative estimate of drug-likeness (QED) is 0.824. The molecule has 1 heterocycles. The van der Waals surface area contributed by atoms with Gasteiger partial charge in [-0.05, 0) is 56.5 Å². The molecule has 1 aromatic rings. The maximum Gasteiger partial charge on any atom is 0.422 e. The van der Waals surface area contributed by atoms with Crippen LogP contribution in [0.2, 0.25) is 0 Å². The average molecular weight is 371 g/mol. The van der Waals surface area contributed by atoms with Crippen LogP contribution in [0.4, 0.5) is 13.2 Å². The van der Waals surface area contributed by atoms with Gasteiger partial charge in [-0.25, -0.2) is 0 Å². The molecule has 0 spiro atoms. The molecule has 142 valence electrons. The van der Waals surface area contributed by atoms with Crippen molar-refractivity contribution in [3.05, 3.63) is 34.6 Å². The molecule has 0 aromatic heterocycles. The van der Waals surface area contributed by atoms with Gasteiger partial charge >= 0.3 is 12.1 Å². The Morgan fingerprint density at radius 1 is 1.19 bits per heavy atom. The normalized spacial score (nSPS) is 16.5. The topological polar surface area (TPSA) is 64.6 Å². The van der Waals surface area contributed by atoms with Crippen molar-refractivity contribution in [3.8, 4) is 5.75 Å². The molecule has 0 saturated heterocycles. The van der Waals surface area contributed by atoms with Gasteiger partial charge in [-0.1, -0.05) is 0 Å². The molecule has 8 heteroatoms. The van der Waals surface area contributed by atoms with Crippen molar-refractivity contribution in [3.63, 3.8) is 0 Å². The lowest BCUT2D eigenvalue weighted by atomic mass is 9.92. The molecule has 1 aliphatic heterocycles. The lowest BCUT2D eigenvalue weighted by molar-refractivity contribution is -0.153. The summed E-state index contributed by atoms with van der Waals surface area (Å²) in [6, 6.07) is 2.84. The summed E-state index contributed by atoms with van der Waals surface area (Å²) in [7, 11) is 0. The van der Waals surface area contributed by atoms with Gasteiger partial charge in [0.25, 0.3) is 5.91 Å². The van der Waals surface area contributed by atoms with Crippen molar-refractivity contribution in [2.75, 3.05) is 6.61 Å². The average Bonchev–Trinajstić information content (AvgIpc) is 2.65. The van der Waals surface area contributed by atoms with E-state index in [1.165, 1.54) is 19.1 Å². The molecule has 5 nitrogen and oxygen atoms in total. The summed E-state index contributed by atoms with van der Waals surface area (Å²) >= 11 is 0. The second-order valence-electron chi connectivity index (χ2n) is 6.71. The van der Waals surface area contributed by atoms with E-state index in [9.17, 15) is 22.8 Å². The number of aryl methyl sites for hydroxylation is 2. The monoisotopic (exact) mass is 371 g/mol. The highest BCUT2D eigenvalue weighted by Gasteiger charge is 2.42. The SMILES string of the molecule is CC(=O)OC1=C(c2c(C)cc(OCC(F)(F)F)cc2C)C(=O)NC1(C)C. The zero-order valence-corrected chi connectivity index (χ0v) is 15.1. The molecule has 1 aliphatic rings. The molecule has 0 bridgehead atoms. The summed E-state index contributed by atoms with van der Waals surface area (Å²) in [5.41, 5.74) is 0.887. The lowest BCUT2D eigenvalue weighted by Gasteiger charge is -2.21. The molecule has 0 radical (unpaired) electrons. The lowest BCUT2D eigenvalue weighted by Crippen LogP contribution is -2.39. The minimum atomic E-state index is -4.44. The van der Waals surface area contributed by atoms with Crippen LogP contribution in [0.1, 0.15) is 37.5 Å². The number of halogens is 3. The Kier molecular flexibility index (Phi) is 5.07. The molecule has 1 aromatic carbocycles. The van der Waals surface area contributed by atoms with Gasteiger partial charge in [0.05, 0.1) is 11.1 Å². The van der Waals surface area contributed by atoms with Crippen molar-refractivity contribution < 1.29 is 32.2 Å². The van der Waals surface area contributed by atoms with E-state index in [1.54, 1.807) is 27.7 Å². The molecular formula is C18H20F3NO4. The summed E-state index contributed by atoms with van der Waals surface area (Å²) in [6.07, 6.45) is -4.44. The Labute approximate surface area is 149 Å². The highest BCUT2D eigenvalue weighted by atomic mass is 19.4. The van der Waals surface area contributed by atoms with E-state index in [2.05, 4.69) is 5.32 Å². The number of rotatable bonds is 4. The van der Waals surface area contributed by atoms with Crippen LogP contribution in [0.25, 0.3) is 5.57 Å². The van der Waals surface area contributed by atoms with E-state index in [4.69, 9.17) is 9.47 Å². The number of ether oxygens (including phenoxy) is 2. The first-order valence-corrected chi connectivity index (χ1v) is 7.88. The number of amides is 1. The van der Waals surface area contributed by atoms with Crippen LogP contribution in [-0.2, 0) is 14.3 Å². The van der Waals surface area contributed by atoms with Crippen LogP contribution in [0.15, 0.2) is 17.9 Å². The van der Waals surface area contributed by atoms with Gasteiger partial charge in [-0.2, -0.15) is 13.2 Å². The Hall–Kier alpha value is -2.51. The number of benzene rings is 1. The first kappa shape index (κ1) is 19.8. The predicted octanol–water partition coefficient (Wildman–Crippen LogP) is 3.43. The molecule has 1 N–H and O–H groups in total. The summed E-state index contributed by atoms with van der Waals surface area (Å²) in [5.74, 6) is -0.748. The number of nitrogens with one attached hydrogen (secondary N) is 1. The fourth-order valence-corrected chi connectivity index (χ4v) is 2.93. The number of hydrogen-bond acceptors (Lipinski definition) is 4. The van der Waals surface area contributed by atoms with E-state index in [1.807, 2.05) is 0 Å². The van der Waals surface area contributed by atoms with Crippen molar-refractivity contribution in [1.29, 1.82) is 0 Å². The minimum Gasteiger partial charge on any atom is -0.484 e. The van der Waals surface area contributed by atoms with Gasteiger partial charge in [0.15, 0.2) is 6.61 Å². The highest BCUT2D eigenvalue weighted by Crippen LogP contribution is 2.38. The molecule has 26 heavy (non-hydrogen) atoms. The Morgan fingerprint density at radius 3 is 2.19 bits per heavy atom. The number of carbonyl (C=O) groups is 2. The van der Waals surface area contributed by atoms with Crippen LogP contribution in [0.3, 0.4) is 0 Å². The van der Waals surface area contributed by atoms with Crippen LogP contribution >= 0.6 is 0 Å². The van der Waals surface area contributed by atoms with E-state index in [0.29, 0.717) is 16.7 Å². The van der Waals surface area contributed by atoms with E-state index in [-0.39, 0.29) is 17.1 Å². The van der Waals surface area contributed by atoms with Gasteiger partial charge in [-0.3, -0.25) is 9.59 Å². The van der Waals surface area contributed by atoms with E-state index in [0.717, 1.165) is 0 Å². The van der Waals surface area contributed by atoms with E-state index < -0.39 is 30.2 Å². The molecule has 0 fully saturated rings. The first-order valence-electron chi connectivity index (χ1n) is 7.88. The largest absolute Gasteiger partial charge is 0.484 e. The molecule has 0 saturated carbocycles. The predicted molar refractivity (Wildman–Crippen MR) is 88.4 cm³/mol. The number of hydrogen-bond donors (Lipinski definition) is 1. The standard InChI is InChI=1S/C18H20F3NO4/c1-9-6-12(25-8-18(19,20)21)7-10(2)13(9)14-15(26-11(3)23)17(4,5)22-16(14)24/h6-7H,8H2,1-5H3,(H,22,24). The van der Waals surface area contributed by atoms with Gasteiger partial charge in [0, 0.05) is 6.92 Å². The van der Waals surface area contributed by atoms with Crippen LogP contribution in [-0.4, -0.2) is 30.2 Å². The summed E-state index contributed by atoms with van der Waals surface area (Å²) < 4.78 is 47.1.